The van der Waals surface area contributed by atoms with Crippen molar-refractivity contribution >= 4 is 5.97 Å². The fourth-order valence-corrected chi connectivity index (χ4v) is 1.56. The molecule has 0 amide bonds. The predicted molar refractivity (Wildman–Crippen MR) is 61.0 cm³/mol. The number of carbonyl (C=O) groups is 1. The van der Waals surface area contributed by atoms with Crippen LogP contribution in [0.4, 0.5) is 4.39 Å². The Balaban J connectivity index is 2.71. The predicted octanol–water partition coefficient (Wildman–Crippen LogP) is 3.35. The summed E-state index contributed by atoms with van der Waals surface area (Å²) in [6.45, 7) is 2.11. The number of unbranched alkanes of at least 4 members (excludes halogenated alkanes) is 2. The van der Waals surface area contributed by atoms with Crippen LogP contribution in [-0.4, -0.2) is 13.1 Å². The van der Waals surface area contributed by atoms with Crippen LogP contribution in [0.25, 0.3) is 0 Å². The molecular weight excluding hydrogens is 207 g/mol. The molecule has 1 aromatic carbocycles. The van der Waals surface area contributed by atoms with Gasteiger partial charge in [0.25, 0.3) is 0 Å². The monoisotopic (exact) mass is 224 g/mol. The molecular formula is C13H17FO2. The van der Waals surface area contributed by atoms with Crippen LogP contribution in [0.15, 0.2) is 18.2 Å². The van der Waals surface area contributed by atoms with E-state index in [1.165, 1.54) is 13.2 Å². The van der Waals surface area contributed by atoms with Crippen molar-refractivity contribution in [2.75, 3.05) is 7.11 Å². The van der Waals surface area contributed by atoms with Crippen LogP contribution >= 0.6 is 0 Å². The minimum absolute atomic E-state index is 0.263. The van der Waals surface area contributed by atoms with Crippen LogP contribution in [0, 0.1) is 5.82 Å². The van der Waals surface area contributed by atoms with Gasteiger partial charge in [-0.1, -0.05) is 25.8 Å². The number of benzene rings is 1. The van der Waals surface area contributed by atoms with Gasteiger partial charge in [-0.2, -0.15) is 0 Å². The van der Waals surface area contributed by atoms with Crippen molar-refractivity contribution in [3.63, 3.8) is 0 Å². The van der Waals surface area contributed by atoms with Gasteiger partial charge in [0.2, 0.25) is 0 Å². The minimum atomic E-state index is -0.501. The first-order chi connectivity index (χ1) is 7.69. The van der Waals surface area contributed by atoms with Gasteiger partial charge in [-0.25, -0.2) is 9.18 Å². The molecule has 16 heavy (non-hydrogen) atoms. The maximum atomic E-state index is 13.6. The Bertz CT molecular complexity index is 361. The normalized spacial score (nSPS) is 10.2. The zero-order chi connectivity index (χ0) is 12.0. The largest absolute Gasteiger partial charge is 0.465 e. The highest BCUT2D eigenvalue weighted by molar-refractivity contribution is 5.89. The maximum absolute atomic E-state index is 13.6. The molecule has 0 aliphatic carbocycles. The van der Waals surface area contributed by atoms with Crippen molar-refractivity contribution < 1.29 is 13.9 Å². The molecule has 0 heterocycles. The molecule has 0 aliphatic rings. The van der Waals surface area contributed by atoms with Crippen molar-refractivity contribution in [3.8, 4) is 0 Å². The van der Waals surface area contributed by atoms with Gasteiger partial charge in [0.05, 0.1) is 12.7 Å². The van der Waals surface area contributed by atoms with Gasteiger partial charge in [0, 0.05) is 0 Å². The molecule has 0 aliphatic heterocycles. The van der Waals surface area contributed by atoms with Gasteiger partial charge in [-0.3, -0.25) is 0 Å². The number of esters is 1. The molecule has 0 unspecified atom stereocenters. The highest BCUT2D eigenvalue weighted by Crippen LogP contribution is 2.14. The van der Waals surface area contributed by atoms with Crippen LogP contribution in [-0.2, 0) is 11.2 Å². The SMILES string of the molecule is CCCCCc1ccc(C(=O)OC)cc1F. The maximum Gasteiger partial charge on any atom is 0.337 e. The van der Waals surface area contributed by atoms with Crippen LogP contribution in [0.3, 0.4) is 0 Å². The van der Waals surface area contributed by atoms with E-state index in [2.05, 4.69) is 11.7 Å². The summed E-state index contributed by atoms with van der Waals surface area (Å²) >= 11 is 0. The highest BCUT2D eigenvalue weighted by atomic mass is 19.1. The molecule has 0 atom stereocenters. The summed E-state index contributed by atoms with van der Waals surface area (Å²) in [4.78, 5) is 11.1. The molecule has 3 heteroatoms. The number of carbonyl (C=O) groups excluding carboxylic acids is 1. The lowest BCUT2D eigenvalue weighted by molar-refractivity contribution is 0.0600. The van der Waals surface area contributed by atoms with Gasteiger partial charge in [-0.15, -0.1) is 0 Å². The van der Waals surface area contributed by atoms with E-state index in [9.17, 15) is 9.18 Å². The van der Waals surface area contributed by atoms with Crippen molar-refractivity contribution in [2.45, 2.75) is 32.6 Å². The molecule has 1 aromatic rings. The third-order valence-electron chi connectivity index (χ3n) is 2.52. The van der Waals surface area contributed by atoms with Gasteiger partial charge in [0.1, 0.15) is 5.82 Å². The van der Waals surface area contributed by atoms with Crippen molar-refractivity contribution in [1.82, 2.24) is 0 Å². The number of aryl methyl sites for hydroxylation is 1. The van der Waals surface area contributed by atoms with Crippen LogP contribution < -0.4 is 0 Å². The molecule has 0 saturated heterocycles. The number of hydrogen-bond acceptors (Lipinski definition) is 2. The summed E-state index contributed by atoms with van der Waals surface area (Å²) in [6, 6.07) is 4.51. The Morgan fingerprint density at radius 1 is 1.38 bits per heavy atom. The summed E-state index contributed by atoms with van der Waals surface area (Å²) in [5.74, 6) is -0.821. The molecule has 0 N–H and O–H groups in total. The summed E-state index contributed by atoms with van der Waals surface area (Å²) in [5, 5.41) is 0. The summed E-state index contributed by atoms with van der Waals surface area (Å²) in [7, 11) is 1.29. The first kappa shape index (κ1) is 12.7. The fourth-order valence-electron chi connectivity index (χ4n) is 1.56. The van der Waals surface area contributed by atoms with E-state index in [1.54, 1.807) is 12.1 Å². The van der Waals surface area contributed by atoms with Crippen LogP contribution in [0.1, 0.15) is 42.1 Å². The number of ether oxygens (including phenoxy) is 1. The molecule has 1 rings (SSSR count). The highest BCUT2D eigenvalue weighted by Gasteiger charge is 2.09. The quantitative estimate of drug-likeness (QED) is 0.566. The topological polar surface area (TPSA) is 26.3 Å². The van der Waals surface area contributed by atoms with E-state index < -0.39 is 5.97 Å². The zero-order valence-corrected chi connectivity index (χ0v) is 9.75. The summed E-state index contributed by atoms with van der Waals surface area (Å²) < 4.78 is 18.1. The molecule has 0 aromatic heterocycles. The van der Waals surface area contributed by atoms with Gasteiger partial charge < -0.3 is 4.74 Å². The lowest BCUT2D eigenvalue weighted by Crippen LogP contribution is -2.03. The lowest BCUT2D eigenvalue weighted by Gasteiger charge is -2.04. The Hall–Kier alpha value is -1.38. The van der Waals surface area contributed by atoms with E-state index in [0.29, 0.717) is 5.56 Å². The van der Waals surface area contributed by atoms with Gasteiger partial charge in [0.15, 0.2) is 0 Å². The van der Waals surface area contributed by atoms with Crippen molar-refractivity contribution in [2.24, 2.45) is 0 Å². The van der Waals surface area contributed by atoms with Crippen LogP contribution in [0.5, 0.6) is 0 Å². The average Bonchev–Trinajstić information content (AvgIpc) is 2.30. The Labute approximate surface area is 95.4 Å². The average molecular weight is 224 g/mol. The third kappa shape index (κ3) is 3.33. The van der Waals surface area contributed by atoms with Crippen LogP contribution in [0.2, 0.25) is 0 Å². The number of rotatable bonds is 5. The second kappa shape index (κ2) is 6.26. The minimum Gasteiger partial charge on any atom is -0.465 e. The smallest absolute Gasteiger partial charge is 0.337 e. The Morgan fingerprint density at radius 2 is 2.12 bits per heavy atom. The molecule has 0 spiro atoms. The second-order valence-electron chi connectivity index (χ2n) is 3.75. The Morgan fingerprint density at radius 3 is 2.69 bits per heavy atom. The first-order valence-electron chi connectivity index (χ1n) is 5.55. The molecule has 0 saturated carbocycles. The van der Waals surface area contributed by atoms with Gasteiger partial charge >= 0.3 is 5.97 Å². The number of halogens is 1. The summed E-state index contributed by atoms with van der Waals surface area (Å²) in [6.07, 6.45) is 3.91. The zero-order valence-electron chi connectivity index (χ0n) is 9.75. The van der Waals surface area contributed by atoms with E-state index in [1.807, 2.05) is 0 Å². The van der Waals surface area contributed by atoms with E-state index in [-0.39, 0.29) is 11.4 Å². The lowest BCUT2D eigenvalue weighted by atomic mass is 10.0. The molecule has 2 nitrogen and oxygen atoms in total. The van der Waals surface area contributed by atoms with Gasteiger partial charge in [-0.05, 0) is 30.5 Å². The molecule has 0 fully saturated rings. The van der Waals surface area contributed by atoms with E-state index in [0.717, 1.165) is 25.7 Å². The first-order valence-corrected chi connectivity index (χ1v) is 5.55. The van der Waals surface area contributed by atoms with Crippen molar-refractivity contribution in [3.05, 3.63) is 35.1 Å². The standard InChI is InChI=1S/C13H17FO2/c1-3-4-5-6-10-7-8-11(9-12(10)14)13(15)16-2/h7-9H,3-6H2,1-2H3. The third-order valence-corrected chi connectivity index (χ3v) is 2.52. The Kier molecular flexibility index (Phi) is 4.96. The second-order valence-corrected chi connectivity index (χ2v) is 3.75. The fraction of sp³-hybridized carbons (Fsp3) is 0.462. The summed E-state index contributed by atoms with van der Waals surface area (Å²) in [5.41, 5.74) is 0.931. The molecule has 0 radical (unpaired) electrons. The molecule has 0 bridgehead atoms. The molecule has 88 valence electrons. The van der Waals surface area contributed by atoms with Crippen molar-refractivity contribution in [1.29, 1.82) is 0 Å². The van der Waals surface area contributed by atoms with E-state index in [4.69, 9.17) is 0 Å². The van der Waals surface area contributed by atoms with E-state index >= 15 is 0 Å². The number of methoxy groups -OCH3 is 1. The number of hydrogen-bond donors (Lipinski definition) is 0.